The van der Waals surface area contributed by atoms with Gasteiger partial charge in [-0.05, 0) is 12.1 Å². The van der Waals surface area contributed by atoms with E-state index in [0.29, 0.717) is 6.20 Å². The molecule has 1 atom stereocenters. The molecule has 1 aromatic rings. The number of pyridine rings is 1. The van der Waals surface area contributed by atoms with Crippen LogP contribution in [0.3, 0.4) is 0 Å². The van der Waals surface area contributed by atoms with Crippen molar-refractivity contribution < 1.29 is 32.6 Å². The van der Waals surface area contributed by atoms with Crippen molar-refractivity contribution in [3.8, 4) is 0 Å². The number of carbonyl (C=O) groups excluding carboxylic acids is 1. The molecule has 0 bridgehead atoms. The van der Waals surface area contributed by atoms with E-state index < -0.39 is 29.2 Å². The highest BCUT2D eigenvalue weighted by Gasteiger charge is 2.43. The summed E-state index contributed by atoms with van der Waals surface area (Å²) in [5.74, 6) is -1.89. The van der Waals surface area contributed by atoms with Crippen LogP contribution < -0.4 is 5.32 Å². The Morgan fingerprint density at radius 3 is 2.65 bits per heavy atom. The molecule has 6 nitrogen and oxygen atoms in total. The fourth-order valence-corrected chi connectivity index (χ4v) is 2.60. The summed E-state index contributed by atoms with van der Waals surface area (Å²) in [6, 6.07) is 2.03. The highest BCUT2D eigenvalue weighted by atomic mass is 32.2. The minimum absolute atomic E-state index is 0.114. The van der Waals surface area contributed by atoms with Crippen LogP contribution in [-0.4, -0.2) is 46.5 Å². The zero-order chi connectivity index (χ0) is 17.1. The minimum Gasteiger partial charge on any atom is -0.479 e. The lowest BCUT2D eigenvalue weighted by Gasteiger charge is -2.23. The van der Waals surface area contributed by atoms with Gasteiger partial charge in [0.2, 0.25) is 5.91 Å². The number of thioether (sulfide) groups is 1. The largest absolute Gasteiger partial charge is 0.479 e. The number of ether oxygens (including phenoxy) is 1. The molecule has 1 aliphatic rings. The summed E-state index contributed by atoms with van der Waals surface area (Å²) in [5.41, 5.74) is -2.31. The van der Waals surface area contributed by atoms with Gasteiger partial charge in [0, 0.05) is 19.2 Å². The van der Waals surface area contributed by atoms with E-state index in [1.807, 2.05) is 0 Å². The van der Waals surface area contributed by atoms with Crippen molar-refractivity contribution in [1.29, 1.82) is 0 Å². The summed E-state index contributed by atoms with van der Waals surface area (Å²) >= 11 is 0.917. The number of carboxylic acid groups (broad SMARTS) is 1. The molecule has 0 radical (unpaired) electrons. The van der Waals surface area contributed by atoms with Crippen molar-refractivity contribution >= 4 is 23.6 Å². The van der Waals surface area contributed by atoms with E-state index >= 15 is 0 Å². The van der Waals surface area contributed by atoms with E-state index in [2.05, 4.69) is 10.3 Å². The molecule has 1 unspecified atom stereocenters. The third kappa shape index (κ3) is 4.35. The van der Waals surface area contributed by atoms with E-state index in [4.69, 9.17) is 4.74 Å². The van der Waals surface area contributed by atoms with Gasteiger partial charge in [-0.1, -0.05) is 11.8 Å². The molecular formula is C13H13F3N2O4S. The topological polar surface area (TPSA) is 88.5 Å². The number of hydrogen-bond donors (Lipinski definition) is 2. The van der Waals surface area contributed by atoms with Crippen molar-refractivity contribution in [2.24, 2.45) is 0 Å². The van der Waals surface area contributed by atoms with E-state index in [-0.39, 0.29) is 30.4 Å². The smallest absolute Gasteiger partial charge is 0.417 e. The Bertz CT molecular complexity index is 586. The normalized spacial score (nSPS) is 21.2. The highest BCUT2D eigenvalue weighted by molar-refractivity contribution is 7.99. The van der Waals surface area contributed by atoms with Crippen LogP contribution in [0.4, 0.5) is 13.2 Å². The fraction of sp³-hybridized carbons (Fsp3) is 0.462. The Morgan fingerprint density at radius 2 is 2.17 bits per heavy atom. The van der Waals surface area contributed by atoms with Crippen LogP contribution >= 0.6 is 11.8 Å². The highest BCUT2D eigenvalue weighted by Crippen LogP contribution is 2.29. The molecule has 0 saturated carbocycles. The molecule has 0 aliphatic carbocycles. The Morgan fingerprint density at radius 1 is 1.43 bits per heavy atom. The number of aliphatic carboxylic acids is 1. The van der Waals surface area contributed by atoms with Gasteiger partial charge < -0.3 is 15.2 Å². The standard InChI is InChI=1S/C13H13F3N2O4S/c14-13(15,16)8-1-2-10(17-5-8)23-6-9(19)18-12(11(20)21)3-4-22-7-12/h1-2,5H,3-4,6-7H2,(H,18,19)(H,20,21). The summed E-state index contributed by atoms with van der Waals surface area (Å²) < 4.78 is 42.2. The van der Waals surface area contributed by atoms with Crippen molar-refractivity contribution in [2.45, 2.75) is 23.2 Å². The number of rotatable bonds is 5. The van der Waals surface area contributed by atoms with Crippen molar-refractivity contribution in [3.63, 3.8) is 0 Å². The number of nitrogens with one attached hydrogen (secondary N) is 1. The van der Waals surface area contributed by atoms with E-state index in [0.717, 1.165) is 23.9 Å². The third-order valence-corrected chi connectivity index (χ3v) is 4.17. The van der Waals surface area contributed by atoms with Crippen molar-refractivity contribution in [3.05, 3.63) is 23.9 Å². The summed E-state index contributed by atoms with van der Waals surface area (Å²) in [7, 11) is 0. The van der Waals surface area contributed by atoms with Gasteiger partial charge >= 0.3 is 12.1 Å². The van der Waals surface area contributed by atoms with Crippen LogP contribution in [0.2, 0.25) is 0 Å². The minimum atomic E-state index is -4.47. The number of alkyl halides is 3. The zero-order valence-electron chi connectivity index (χ0n) is 11.7. The average molecular weight is 350 g/mol. The van der Waals surface area contributed by atoms with Gasteiger partial charge in [0.15, 0.2) is 5.54 Å². The predicted octanol–water partition coefficient (Wildman–Crippen LogP) is 1.55. The maximum atomic E-state index is 12.4. The molecule has 2 heterocycles. The van der Waals surface area contributed by atoms with Gasteiger partial charge in [-0.25, -0.2) is 9.78 Å². The lowest BCUT2D eigenvalue weighted by molar-refractivity contribution is -0.147. The average Bonchev–Trinajstić information content (AvgIpc) is 2.94. The number of hydrogen-bond acceptors (Lipinski definition) is 5. The van der Waals surface area contributed by atoms with E-state index in [1.165, 1.54) is 0 Å². The van der Waals surface area contributed by atoms with Crippen LogP contribution in [0.5, 0.6) is 0 Å². The molecule has 126 valence electrons. The first-order valence-corrected chi connectivity index (χ1v) is 7.50. The fourth-order valence-electron chi connectivity index (χ4n) is 1.96. The molecule has 1 saturated heterocycles. The maximum absolute atomic E-state index is 12.4. The summed E-state index contributed by atoms with van der Waals surface area (Å²) in [6.07, 6.45) is -3.62. The molecule has 1 aromatic heterocycles. The molecule has 1 fully saturated rings. The van der Waals surface area contributed by atoms with Gasteiger partial charge in [0.05, 0.1) is 22.9 Å². The lowest BCUT2D eigenvalue weighted by atomic mass is 9.99. The number of carboxylic acids is 1. The Labute approximate surface area is 133 Å². The summed E-state index contributed by atoms with van der Waals surface area (Å²) in [5, 5.41) is 11.8. The number of aromatic nitrogens is 1. The number of amides is 1. The van der Waals surface area contributed by atoms with Crippen molar-refractivity contribution in [1.82, 2.24) is 10.3 Å². The van der Waals surface area contributed by atoms with Crippen LogP contribution in [0.25, 0.3) is 0 Å². The van der Waals surface area contributed by atoms with Crippen LogP contribution in [0, 0.1) is 0 Å². The van der Waals surface area contributed by atoms with Gasteiger partial charge in [-0.2, -0.15) is 13.2 Å². The predicted molar refractivity (Wildman–Crippen MR) is 73.9 cm³/mol. The molecule has 0 spiro atoms. The van der Waals surface area contributed by atoms with Gasteiger partial charge in [0.25, 0.3) is 0 Å². The Balaban J connectivity index is 1.90. The number of nitrogens with zero attached hydrogens (tertiary/aromatic N) is 1. The molecule has 10 heteroatoms. The van der Waals surface area contributed by atoms with Gasteiger partial charge in [-0.3, -0.25) is 4.79 Å². The second-order valence-electron chi connectivity index (χ2n) is 4.91. The van der Waals surface area contributed by atoms with Gasteiger partial charge in [-0.15, -0.1) is 0 Å². The van der Waals surface area contributed by atoms with Gasteiger partial charge in [0.1, 0.15) is 0 Å². The molecule has 0 aromatic carbocycles. The number of halogens is 3. The molecular weight excluding hydrogens is 337 g/mol. The quantitative estimate of drug-likeness (QED) is 0.784. The summed E-state index contributed by atoms with van der Waals surface area (Å²) in [6.45, 7) is 0.122. The summed E-state index contributed by atoms with van der Waals surface area (Å²) in [4.78, 5) is 26.7. The Hall–Kier alpha value is -1.81. The number of carbonyl (C=O) groups is 2. The lowest BCUT2D eigenvalue weighted by Crippen LogP contribution is -2.55. The van der Waals surface area contributed by atoms with Crippen molar-refractivity contribution in [2.75, 3.05) is 19.0 Å². The van der Waals surface area contributed by atoms with E-state index in [1.54, 1.807) is 0 Å². The van der Waals surface area contributed by atoms with E-state index in [9.17, 15) is 27.9 Å². The zero-order valence-corrected chi connectivity index (χ0v) is 12.5. The molecule has 1 aliphatic heterocycles. The monoisotopic (exact) mass is 350 g/mol. The first kappa shape index (κ1) is 17.5. The SMILES string of the molecule is O=C(CSc1ccc(C(F)(F)F)cn1)NC1(C(=O)O)CCOC1. The maximum Gasteiger partial charge on any atom is 0.417 e. The molecule has 2 rings (SSSR count). The molecule has 1 amide bonds. The Kier molecular flexibility index (Phi) is 5.15. The second kappa shape index (κ2) is 6.75. The van der Waals surface area contributed by atoms with Crippen LogP contribution in [0.1, 0.15) is 12.0 Å². The third-order valence-electron chi connectivity index (χ3n) is 3.22. The first-order chi connectivity index (χ1) is 10.7. The first-order valence-electron chi connectivity index (χ1n) is 6.51. The second-order valence-corrected chi connectivity index (χ2v) is 5.91. The molecule has 2 N–H and O–H groups in total. The van der Waals surface area contributed by atoms with Crippen LogP contribution in [-0.2, 0) is 20.5 Å². The van der Waals surface area contributed by atoms with Crippen LogP contribution in [0.15, 0.2) is 23.4 Å². The molecule has 23 heavy (non-hydrogen) atoms.